The van der Waals surface area contributed by atoms with Crippen LogP contribution in [0.5, 0.6) is 0 Å². The van der Waals surface area contributed by atoms with Gasteiger partial charge in [0.05, 0.1) is 13.2 Å². The van der Waals surface area contributed by atoms with E-state index in [0.29, 0.717) is 21.5 Å². The van der Waals surface area contributed by atoms with E-state index >= 15 is 0 Å². The predicted octanol–water partition coefficient (Wildman–Crippen LogP) is 3.24. The zero-order valence-corrected chi connectivity index (χ0v) is 18.3. The first kappa shape index (κ1) is 21.8. The van der Waals surface area contributed by atoms with Gasteiger partial charge in [-0.1, -0.05) is 6.07 Å². The van der Waals surface area contributed by atoms with E-state index in [-0.39, 0.29) is 19.6 Å². The van der Waals surface area contributed by atoms with Crippen molar-refractivity contribution in [2.45, 2.75) is 31.7 Å². The number of hydrogen-bond acceptors (Lipinski definition) is 8. The highest BCUT2D eigenvalue weighted by atomic mass is 32.1. The number of carbonyl (C=O) groups is 3. The summed E-state index contributed by atoms with van der Waals surface area (Å²) in [7, 11) is 0. The summed E-state index contributed by atoms with van der Waals surface area (Å²) in [5.74, 6) is -2.89. The zero-order chi connectivity index (χ0) is 22.9. The normalized spacial score (nSPS) is 17.5. The van der Waals surface area contributed by atoms with E-state index in [9.17, 15) is 19.2 Å². The van der Waals surface area contributed by atoms with Crippen LogP contribution >= 0.6 is 11.3 Å². The highest BCUT2D eigenvalue weighted by Crippen LogP contribution is 2.48. The molecule has 1 aliphatic heterocycles. The van der Waals surface area contributed by atoms with Gasteiger partial charge < -0.3 is 13.9 Å². The lowest BCUT2D eigenvalue weighted by molar-refractivity contribution is -0.164. The lowest BCUT2D eigenvalue weighted by Gasteiger charge is -2.37. The summed E-state index contributed by atoms with van der Waals surface area (Å²) in [5.41, 5.74) is -1.90. The van der Waals surface area contributed by atoms with Crippen molar-refractivity contribution in [1.82, 2.24) is 0 Å². The lowest BCUT2D eigenvalue weighted by Crippen LogP contribution is -2.62. The number of carbonyl (C=O) groups excluding carboxylic acids is 3. The van der Waals surface area contributed by atoms with E-state index < -0.39 is 34.9 Å². The number of rotatable bonds is 6. The van der Waals surface area contributed by atoms with Crippen LogP contribution in [0.4, 0.5) is 5.69 Å². The fourth-order valence-corrected chi connectivity index (χ4v) is 5.03. The van der Waals surface area contributed by atoms with Crippen molar-refractivity contribution in [1.29, 1.82) is 0 Å². The van der Waals surface area contributed by atoms with Gasteiger partial charge in [0.15, 0.2) is 0 Å². The molecule has 2 aromatic heterocycles. The quantitative estimate of drug-likeness (QED) is 0.319. The van der Waals surface area contributed by atoms with Crippen LogP contribution in [-0.2, 0) is 23.9 Å². The summed E-state index contributed by atoms with van der Waals surface area (Å²) >= 11 is 1.35. The van der Waals surface area contributed by atoms with Gasteiger partial charge in [-0.2, -0.15) is 0 Å². The Balaban J connectivity index is 1.96. The molecule has 0 spiro atoms. The maximum absolute atomic E-state index is 13.5. The molecule has 0 N–H and O–H groups in total. The minimum Gasteiger partial charge on any atom is -0.464 e. The fraction of sp³-hybridized carbons (Fsp3) is 0.304. The number of amides is 1. The predicted molar refractivity (Wildman–Crippen MR) is 118 cm³/mol. The molecule has 1 aliphatic rings. The Hall–Kier alpha value is -3.46. The molecule has 3 aromatic rings. The van der Waals surface area contributed by atoms with Crippen LogP contribution in [0, 0.1) is 0 Å². The van der Waals surface area contributed by atoms with Gasteiger partial charge in [-0.25, -0.2) is 14.4 Å². The van der Waals surface area contributed by atoms with Crippen LogP contribution in [0.25, 0.3) is 11.0 Å². The number of anilines is 1. The third kappa shape index (κ3) is 3.38. The molecule has 1 atom stereocenters. The van der Waals surface area contributed by atoms with Crippen LogP contribution in [0.2, 0.25) is 0 Å². The summed E-state index contributed by atoms with van der Waals surface area (Å²) in [6.07, 6.45) is -0.0694. The number of esters is 2. The van der Waals surface area contributed by atoms with Crippen molar-refractivity contribution in [3.8, 4) is 0 Å². The van der Waals surface area contributed by atoms with Crippen molar-refractivity contribution in [3.05, 3.63) is 63.1 Å². The molecule has 0 radical (unpaired) electrons. The van der Waals surface area contributed by atoms with Crippen molar-refractivity contribution in [2.75, 3.05) is 18.1 Å². The molecule has 8 nitrogen and oxygen atoms in total. The Morgan fingerprint density at radius 1 is 1.09 bits per heavy atom. The van der Waals surface area contributed by atoms with Crippen LogP contribution in [0.15, 0.2) is 57.1 Å². The number of nitrogens with zero attached hydrogens (tertiary/aromatic N) is 1. The molecule has 0 bridgehead atoms. The molecule has 4 rings (SSSR count). The van der Waals surface area contributed by atoms with Crippen LogP contribution < -0.4 is 10.5 Å². The second-order valence-electron chi connectivity index (χ2n) is 7.19. The van der Waals surface area contributed by atoms with E-state index in [1.54, 1.807) is 38.1 Å². The molecule has 166 valence electrons. The summed E-state index contributed by atoms with van der Waals surface area (Å²) in [6, 6.07) is 11.1. The lowest BCUT2D eigenvalue weighted by atomic mass is 9.83. The van der Waals surface area contributed by atoms with E-state index in [2.05, 4.69) is 0 Å². The summed E-state index contributed by atoms with van der Waals surface area (Å²) in [4.78, 5) is 53.7. The first-order valence-corrected chi connectivity index (χ1v) is 11.1. The van der Waals surface area contributed by atoms with Crippen molar-refractivity contribution in [2.24, 2.45) is 0 Å². The minimum absolute atomic E-state index is 0.0298. The number of fused-ring (bicyclic) bond motifs is 1. The van der Waals surface area contributed by atoms with Gasteiger partial charge in [0, 0.05) is 34.4 Å². The first-order valence-electron chi connectivity index (χ1n) is 10.2. The number of ether oxygens (including phenoxy) is 2. The molecule has 1 fully saturated rings. The monoisotopic (exact) mass is 455 g/mol. The van der Waals surface area contributed by atoms with Gasteiger partial charge in [-0.05, 0) is 49.6 Å². The second kappa shape index (κ2) is 8.58. The SMILES string of the molecule is CCOC(=O)C1(C(=O)OCC)C(c2cccs2)CC(=O)N1c1ccc2oc(=O)ccc2c1. The van der Waals surface area contributed by atoms with Crippen LogP contribution in [0.1, 0.15) is 31.1 Å². The molecule has 1 aromatic carbocycles. The summed E-state index contributed by atoms with van der Waals surface area (Å²) < 4.78 is 15.8. The van der Waals surface area contributed by atoms with E-state index in [1.807, 2.05) is 5.38 Å². The Labute approximate surface area is 187 Å². The summed E-state index contributed by atoms with van der Waals surface area (Å²) in [5, 5.41) is 2.36. The van der Waals surface area contributed by atoms with Crippen molar-refractivity contribution < 1.29 is 28.3 Å². The average molecular weight is 455 g/mol. The van der Waals surface area contributed by atoms with Gasteiger partial charge in [-0.15, -0.1) is 11.3 Å². The molecule has 1 amide bonds. The highest BCUT2D eigenvalue weighted by Gasteiger charge is 2.66. The second-order valence-corrected chi connectivity index (χ2v) is 8.16. The molecule has 1 saturated heterocycles. The van der Waals surface area contributed by atoms with E-state index in [1.165, 1.54) is 34.4 Å². The van der Waals surface area contributed by atoms with E-state index in [4.69, 9.17) is 13.9 Å². The van der Waals surface area contributed by atoms with Crippen molar-refractivity contribution in [3.63, 3.8) is 0 Å². The molecular weight excluding hydrogens is 434 g/mol. The zero-order valence-electron chi connectivity index (χ0n) is 17.5. The Kier molecular flexibility index (Phi) is 5.84. The standard InChI is InChI=1S/C23H21NO7S/c1-3-29-21(27)23(22(28)30-4-2)16(18-6-5-11-32-18)13-19(25)24(23)15-8-9-17-14(12-15)7-10-20(26)31-17/h5-12,16H,3-4,13H2,1-2H3. The maximum atomic E-state index is 13.5. The van der Waals surface area contributed by atoms with Gasteiger partial charge in [-0.3, -0.25) is 9.69 Å². The topological polar surface area (TPSA) is 103 Å². The molecule has 32 heavy (non-hydrogen) atoms. The third-order valence-electron chi connectivity index (χ3n) is 5.41. The van der Waals surface area contributed by atoms with Crippen LogP contribution in [-0.4, -0.2) is 36.6 Å². The average Bonchev–Trinajstić information content (AvgIpc) is 3.40. The van der Waals surface area contributed by atoms with E-state index in [0.717, 1.165) is 0 Å². The Morgan fingerprint density at radius 2 is 1.81 bits per heavy atom. The number of benzene rings is 1. The third-order valence-corrected chi connectivity index (χ3v) is 6.39. The summed E-state index contributed by atoms with van der Waals surface area (Å²) in [6.45, 7) is 3.33. The van der Waals surface area contributed by atoms with Gasteiger partial charge in [0.2, 0.25) is 5.91 Å². The molecule has 1 unspecified atom stereocenters. The molecule has 0 saturated carbocycles. The number of thiophene rings is 1. The highest BCUT2D eigenvalue weighted by molar-refractivity contribution is 7.10. The smallest absolute Gasteiger partial charge is 0.344 e. The Morgan fingerprint density at radius 3 is 2.44 bits per heavy atom. The van der Waals surface area contributed by atoms with Gasteiger partial charge in [0.1, 0.15) is 5.58 Å². The maximum Gasteiger partial charge on any atom is 0.344 e. The molecule has 0 aliphatic carbocycles. The molecule has 9 heteroatoms. The molecule has 3 heterocycles. The molecular formula is C23H21NO7S. The first-order chi connectivity index (χ1) is 15.4. The fourth-order valence-electron chi connectivity index (χ4n) is 4.14. The van der Waals surface area contributed by atoms with Gasteiger partial charge in [0.25, 0.3) is 5.54 Å². The van der Waals surface area contributed by atoms with Crippen molar-refractivity contribution >= 4 is 45.8 Å². The number of hydrogen-bond donors (Lipinski definition) is 0. The van der Waals surface area contributed by atoms with Gasteiger partial charge >= 0.3 is 17.6 Å². The Bertz CT molecular complexity index is 1210. The van der Waals surface area contributed by atoms with Crippen LogP contribution in [0.3, 0.4) is 0 Å². The minimum atomic E-state index is -2.02. The largest absolute Gasteiger partial charge is 0.464 e.